The molecule has 1 aliphatic carbocycles. The second kappa shape index (κ2) is 28.9. The second-order valence-electron chi connectivity index (χ2n) is 19.4. The van der Waals surface area contributed by atoms with Gasteiger partial charge in [-0.3, -0.25) is 52.7 Å². The van der Waals surface area contributed by atoms with Gasteiger partial charge in [-0.1, -0.05) is 12.8 Å². The number of aromatic nitrogens is 2. The fourth-order valence-electron chi connectivity index (χ4n) is 8.49. The molecule has 1 aromatic heterocycles. The van der Waals surface area contributed by atoms with Crippen LogP contribution in [0.5, 0.6) is 5.75 Å². The number of H-pyrrole nitrogens is 1. The molecule has 82 heavy (non-hydrogen) atoms. The maximum absolute atomic E-state index is 13.6. The minimum atomic E-state index is -1.59. The fraction of sp³-hybridized carbons (Fsp3) is 0.389. The number of aromatic carboxylic acids is 1. The molecule has 1 aliphatic heterocycles. The summed E-state index contributed by atoms with van der Waals surface area (Å²) in [5.74, 6) is -10.2. The number of aromatic hydroxyl groups is 1. The molecule has 0 bridgehead atoms. The van der Waals surface area contributed by atoms with Gasteiger partial charge in [0.05, 0.1) is 23.7 Å². The fourth-order valence-corrected chi connectivity index (χ4v) is 8.49. The molecule has 0 spiro atoms. The first-order chi connectivity index (χ1) is 38.7. The predicted octanol–water partition coefficient (Wildman–Crippen LogP) is -0.571. The number of primary amides is 1. The van der Waals surface area contributed by atoms with Crippen molar-refractivity contribution in [2.24, 2.45) is 5.73 Å². The number of phenolic OH excluding ortho intramolecular Hbond substituents is 1. The molecule has 28 heteroatoms. The van der Waals surface area contributed by atoms with Gasteiger partial charge >= 0.3 is 11.9 Å². The van der Waals surface area contributed by atoms with Crippen molar-refractivity contribution in [3.63, 3.8) is 0 Å². The van der Waals surface area contributed by atoms with Crippen LogP contribution in [0, 0.1) is 0 Å². The maximum atomic E-state index is 13.6. The molecule has 1 unspecified atom stereocenters. The highest BCUT2D eigenvalue weighted by atomic mass is 16.4. The number of nitrogens with one attached hydrogen (secondary N) is 9. The van der Waals surface area contributed by atoms with Crippen molar-refractivity contribution in [2.75, 3.05) is 6.54 Å². The number of hydrogen-bond acceptors (Lipinski definition) is 16. The summed E-state index contributed by atoms with van der Waals surface area (Å²) in [4.78, 5) is 160. The first-order valence-corrected chi connectivity index (χ1v) is 25.9. The lowest BCUT2D eigenvalue weighted by atomic mass is 9.89. The van der Waals surface area contributed by atoms with E-state index in [1.807, 2.05) is 0 Å². The minimum absolute atomic E-state index is 0.116. The second-order valence-corrected chi connectivity index (χ2v) is 19.4. The molecule has 0 fully saturated rings. The van der Waals surface area contributed by atoms with Gasteiger partial charge in [-0.2, -0.15) is 0 Å². The normalized spacial score (nSPS) is 14.0. The van der Waals surface area contributed by atoms with E-state index in [0.29, 0.717) is 35.8 Å². The summed E-state index contributed by atoms with van der Waals surface area (Å²) in [6.07, 6.45) is 1.26. The zero-order chi connectivity index (χ0) is 60.5. The zero-order valence-corrected chi connectivity index (χ0v) is 45.2. The third-order valence-corrected chi connectivity index (χ3v) is 12.8. The number of fused-ring (bicyclic) bond motifs is 2. The van der Waals surface area contributed by atoms with E-state index in [4.69, 9.17) is 10.2 Å². The molecule has 438 valence electrons. The van der Waals surface area contributed by atoms with Crippen LogP contribution in [-0.2, 0) is 49.6 Å². The highest BCUT2D eigenvalue weighted by molar-refractivity contribution is 6.09. The highest BCUT2D eigenvalue weighted by Crippen LogP contribution is 2.42. The molecular formula is C54H65N11O17. The molecule has 9 amide bonds. The van der Waals surface area contributed by atoms with Gasteiger partial charge in [0.25, 0.3) is 5.91 Å². The number of carboxylic acids is 2. The van der Waals surface area contributed by atoms with E-state index >= 15 is 0 Å². The Balaban J connectivity index is 1.12. The maximum Gasteiger partial charge on any atom is 0.336 e. The predicted molar refractivity (Wildman–Crippen MR) is 290 cm³/mol. The Labute approximate surface area is 467 Å². The molecule has 2 heterocycles. The van der Waals surface area contributed by atoms with Crippen molar-refractivity contribution < 1.29 is 77.6 Å². The number of imidazole rings is 1. The van der Waals surface area contributed by atoms with E-state index < -0.39 is 126 Å². The molecule has 15 N–H and O–H groups in total. The van der Waals surface area contributed by atoms with Crippen LogP contribution in [0.2, 0.25) is 0 Å². The van der Waals surface area contributed by atoms with Crippen LogP contribution in [0.3, 0.4) is 0 Å². The van der Waals surface area contributed by atoms with Gasteiger partial charge in [0.2, 0.25) is 47.3 Å². The molecule has 0 radical (unpaired) electrons. The number of unbranched alkanes of at least 4 members (excludes halogenated alkanes) is 2. The number of carbonyl (C=O) groups excluding carboxylic acids is 9. The third kappa shape index (κ3) is 17.6. The van der Waals surface area contributed by atoms with E-state index in [-0.39, 0.29) is 64.3 Å². The number of carboxylic acid groups (broad SMARTS) is 2. The topological polar surface area (TPSA) is 450 Å². The number of phenols is 1. The van der Waals surface area contributed by atoms with Crippen LogP contribution < -0.4 is 53.7 Å². The largest absolute Gasteiger partial charge is 0.508 e. The van der Waals surface area contributed by atoms with E-state index in [2.05, 4.69) is 52.5 Å². The number of benzene rings is 3. The van der Waals surface area contributed by atoms with Crippen LogP contribution in [0.1, 0.15) is 99.6 Å². The summed E-state index contributed by atoms with van der Waals surface area (Å²) in [6.45, 7) is 6.39. The van der Waals surface area contributed by atoms with Crippen LogP contribution >= 0.6 is 0 Å². The molecular weight excluding hydrogens is 1070 g/mol. The standard InChI is InChI=1S/C54H65N11O17/c1-25(47(73)60-27(3)49(75)63-39(16-17-43(70)71)52(78)64-40(20-31-23-56-24-58-31)53(79)65-45(28(4)66)46(55)72)59-48(74)26(2)61-51(77)38(62-29(5)67)9-7-6-8-18-57-50(76)30-10-13-34(54(80)81)37(19-30)44-35-14-11-32(68)21-41(35)82-42-22-33(69)12-15-36(42)44/h10-15,19,21-28,38-40,45,66,68H,6-9,16-18,20H2,1-5H3,(H2,55,72)(H,56,58)(H,57,76)(H,59,74)(H,60,73)(H,61,77)(H,62,67)(H,63,75)(H,64,78)(H,65,79)(H,70,71)(H,80,81)/t25-,26-,27-,28+,38-,39-,40-,45?/m1/s1. The SMILES string of the molecule is CC(=O)N[C@H](CCCCCNC(=O)c1ccc(C(=O)O)c(-c2c3ccc(=O)cc-3oc3cc(O)ccc23)c1)C(=O)N[C@H](C)C(=O)N[C@H](C)C(=O)N[C@H](C)C(=O)N[C@H](CCC(=O)O)C(=O)N[C@H](Cc1c[nH]cn1)C(=O)NC(C(N)=O)[C@H](C)O. The molecule has 0 saturated carbocycles. The van der Waals surface area contributed by atoms with Gasteiger partial charge in [0.1, 0.15) is 59.4 Å². The Morgan fingerprint density at radius 3 is 1.88 bits per heavy atom. The molecule has 3 aromatic rings. The number of nitrogens with zero attached hydrogens (tertiary/aromatic N) is 1. The van der Waals surface area contributed by atoms with Crippen molar-refractivity contribution in [3.8, 4) is 28.2 Å². The quantitative estimate of drug-likeness (QED) is 0.0211. The number of aliphatic hydroxyl groups is 1. The number of aromatic amines is 1. The van der Waals surface area contributed by atoms with E-state index in [1.165, 1.54) is 102 Å². The molecule has 8 atom stereocenters. The summed E-state index contributed by atoms with van der Waals surface area (Å²) >= 11 is 0. The first kappa shape index (κ1) is 63.1. The van der Waals surface area contributed by atoms with Crippen molar-refractivity contribution in [3.05, 3.63) is 94.2 Å². The summed E-state index contributed by atoms with van der Waals surface area (Å²) in [5, 5.41) is 59.7. The number of carbonyl (C=O) groups is 11. The van der Waals surface area contributed by atoms with E-state index in [0.717, 1.165) is 0 Å². The summed E-state index contributed by atoms with van der Waals surface area (Å²) in [6, 6.07) is 2.63. The van der Waals surface area contributed by atoms with Crippen molar-refractivity contribution in [1.82, 2.24) is 52.5 Å². The Morgan fingerprint density at radius 2 is 1.28 bits per heavy atom. The number of hydrogen-bond donors (Lipinski definition) is 14. The minimum Gasteiger partial charge on any atom is -0.508 e. The number of nitrogens with two attached hydrogens (primary N) is 1. The average Bonchev–Trinajstić information content (AvgIpc) is 3.54. The Bertz CT molecular complexity index is 3230. The van der Waals surface area contributed by atoms with Crippen molar-refractivity contribution in [1.29, 1.82) is 0 Å². The van der Waals surface area contributed by atoms with Gasteiger partial charge < -0.3 is 78.1 Å². The lowest BCUT2D eigenvalue weighted by Gasteiger charge is -2.26. The van der Waals surface area contributed by atoms with Gasteiger partial charge in [0, 0.05) is 66.7 Å². The molecule has 2 aliphatic rings. The van der Waals surface area contributed by atoms with Gasteiger partial charge in [-0.15, -0.1) is 0 Å². The summed E-state index contributed by atoms with van der Waals surface area (Å²) < 4.78 is 5.89. The number of aliphatic hydroxyl groups excluding tert-OH is 1. The van der Waals surface area contributed by atoms with Gasteiger partial charge in [-0.05, 0) is 95.0 Å². The monoisotopic (exact) mass is 1140 g/mol. The lowest BCUT2D eigenvalue weighted by molar-refractivity contribution is -0.138. The van der Waals surface area contributed by atoms with E-state index in [9.17, 15) is 78.0 Å². The first-order valence-electron chi connectivity index (χ1n) is 25.9. The van der Waals surface area contributed by atoms with Crippen LogP contribution in [-0.4, -0.2) is 150 Å². The number of aliphatic carboxylic acids is 1. The molecule has 28 nitrogen and oxygen atoms in total. The average molecular weight is 1140 g/mol. The van der Waals surface area contributed by atoms with Crippen LogP contribution in [0.25, 0.3) is 33.4 Å². The van der Waals surface area contributed by atoms with Crippen molar-refractivity contribution in [2.45, 2.75) is 128 Å². The smallest absolute Gasteiger partial charge is 0.336 e. The Morgan fingerprint density at radius 1 is 0.671 bits per heavy atom. The number of rotatable bonds is 29. The number of amides is 9. The zero-order valence-electron chi connectivity index (χ0n) is 45.2. The molecule has 5 rings (SSSR count). The van der Waals surface area contributed by atoms with E-state index in [1.54, 1.807) is 0 Å². The Hall–Kier alpha value is -9.73. The summed E-state index contributed by atoms with van der Waals surface area (Å²) in [7, 11) is 0. The molecule has 0 saturated heterocycles. The molecule has 2 aromatic carbocycles. The summed E-state index contributed by atoms with van der Waals surface area (Å²) in [5.41, 5.74) is 6.27. The van der Waals surface area contributed by atoms with Gasteiger partial charge in [-0.25, -0.2) is 9.78 Å². The van der Waals surface area contributed by atoms with Crippen LogP contribution in [0.4, 0.5) is 0 Å². The van der Waals surface area contributed by atoms with Crippen LogP contribution in [0.15, 0.2) is 76.3 Å². The van der Waals surface area contributed by atoms with Gasteiger partial charge in [0.15, 0.2) is 5.43 Å². The highest BCUT2D eigenvalue weighted by Gasteiger charge is 2.33. The third-order valence-electron chi connectivity index (χ3n) is 12.8. The van der Waals surface area contributed by atoms with Crippen molar-refractivity contribution >= 4 is 76.1 Å². The Kier molecular flexibility index (Phi) is 22.3. The lowest BCUT2D eigenvalue weighted by Crippen LogP contribution is -2.60.